The van der Waals surface area contributed by atoms with Crippen LogP contribution in [0.15, 0.2) is 29.2 Å². The molecule has 0 saturated heterocycles. The number of halogens is 2. The van der Waals surface area contributed by atoms with E-state index < -0.39 is 10.0 Å². The Morgan fingerprint density at radius 3 is 2.46 bits per heavy atom. The third kappa shape index (κ3) is 3.24. The quantitative estimate of drug-likeness (QED) is 0.645. The van der Waals surface area contributed by atoms with Gasteiger partial charge in [-0.05, 0) is 56.2 Å². The number of aryl methyl sites for hydroxylation is 3. The topological polar surface area (TPSA) is 59.1 Å². The Balaban J connectivity index is 2.08. The van der Waals surface area contributed by atoms with Crippen LogP contribution >= 0.6 is 34.5 Å². The third-order valence-electron chi connectivity index (χ3n) is 3.56. The molecule has 0 aliphatic carbocycles. The first kappa shape index (κ1) is 17.5. The van der Waals surface area contributed by atoms with Crippen molar-refractivity contribution in [2.45, 2.75) is 25.7 Å². The van der Waals surface area contributed by atoms with Crippen LogP contribution in [0.25, 0.3) is 10.2 Å². The Bertz CT molecular complexity index is 1060. The predicted molar refractivity (Wildman–Crippen MR) is 101 cm³/mol. The molecular weight excluding hydrogens is 387 g/mol. The zero-order valence-electron chi connectivity index (χ0n) is 13.1. The number of thiazole rings is 1. The molecule has 0 saturated carbocycles. The van der Waals surface area contributed by atoms with E-state index in [0.29, 0.717) is 16.3 Å². The molecule has 0 fully saturated rings. The zero-order chi connectivity index (χ0) is 17.6. The minimum absolute atomic E-state index is 0.0332. The van der Waals surface area contributed by atoms with Gasteiger partial charge in [0.15, 0.2) is 0 Å². The van der Waals surface area contributed by atoms with Crippen molar-refractivity contribution in [3.63, 3.8) is 0 Å². The number of hydrogen-bond acceptors (Lipinski definition) is 4. The molecule has 0 unspecified atom stereocenters. The number of rotatable bonds is 3. The lowest BCUT2D eigenvalue weighted by Crippen LogP contribution is -2.14. The van der Waals surface area contributed by atoms with Crippen molar-refractivity contribution >= 4 is 60.5 Å². The zero-order valence-corrected chi connectivity index (χ0v) is 16.3. The van der Waals surface area contributed by atoms with E-state index in [4.69, 9.17) is 23.2 Å². The Morgan fingerprint density at radius 2 is 1.75 bits per heavy atom. The van der Waals surface area contributed by atoms with E-state index in [2.05, 4.69) is 9.71 Å². The first-order valence-corrected chi connectivity index (χ1v) is 10.1. The van der Waals surface area contributed by atoms with Gasteiger partial charge >= 0.3 is 0 Å². The van der Waals surface area contributed by atoms with Gasteiger partial charge in [-0.2, -0.15) is 0 Å². The summed E-state index contributed by atoms with van der Waals surface area (Å²) in [4.78, 5) is 4.38. The molecule has 0 bridgehead atoms. The SMILES string of the molecule is Cc1nc2cc(C)c(NS(=O)(=O)c3cc(Cl)cc(C)c3Cl)cc2s1. The molecule has 3 aromatic rings. The largest absolute Gasteiger partial charge is 0.279 e. The predicted octanol–water partition coefficient (Wildman–Crippen LogP) is 5.33. The van der Waals surface area contributed by atoms with E-state index in [9.17, 15) is 8.42 Å². The Kier molecular flexibility index (Phi) is 4.51. The Labute approximate surface area is 154 Å². The maximum Gasteiger partial charge on any atom is 0.263 e. The first-order valence-electron chi connectivity index (χ1n) is 7.03. The first-order chi connectivity index (χ1) is 11.2. The van der Waals surface area contributed by atoms with Crippen LogP contribution in [0.1, 0.15) is 16.1 Å². The minimum atomic E-state index is -3.86. The number of anilines is 1. The van der Waals surface area contributed by atoms with Crippen LogP contribution in [-0.4, -0.2) is 13.4 Å². The van der Waals surface area contributed by atoms with Crippen LogP contribution in [0.5, 0.6) is 0 Å². The van der Waals surface area contributed by atoms with Gasteiger partial charge in [-0.15, -0.1) is 11.3 Å². The van der Waals surface area contributed by atoms with Crippen molar-refractivity contribution in [1.82, 2.24) is 4.98 Å². The fraction of sp³-hybridized carbons (Fsp3) is 0.188. The standard InChI is InChI=1S/C16H14Cl2N2O2S2/c1-8-5-13-14(23-10(3)19-13)7-12(8)20-24(21,22)15-6-11(17)4-9(2)16(15)18/h4-7,20H,1-3H3. The molecule has 0 spiro atoms. The third-order valence-corrected chi connectivity index (χ3v) is 6.72. The van der Waals surface area contributed by atoms with Crippen LogP contribution < -0.4 is 4.72 Å². The average Bonchev–Trinajstić information content (AvgIpc) is 2.81. The fourth-order valence-corrected chi connectivity index (χ4v) is 5.29. The second-order valence-electron chi connectivity index (χ2n) is 5.51. The van der Waals surface area contributed by atoms with Crippen LogP contribution in [0.2, 0.25) is 10.0 Å². The lowest BCUT2D eigenvalue weighted by molar-refractivity contribution is 0.601. The number of aromatic nitrogens is 1. The summed E-state index contributed by atoms with van der Waals surface area (Å²) in [5, 5.41) is 1.42. The van der Waals surface area contributed by atoms with Crippen molar-refractivity contribution < 1.29 is 8.42 Å². The van der Waals surface area contributed by atoms with Gasteiger partial charge in [-0.3, -0.25) is 4.72 Å². The number of fused-ring (bicyclic) bond motifs is 1. The molecule has 1 aromatic heterocycles. The molecule has 24 heavy (non-hydrogen) atoms. The van der Waals surface area contributed by atoms with Crippen molar-refractivity contribution in [1.29, 1.82) is 0 Å². The van der Waals surface area contributed by atoms with Crippen molar-refractivity contribution in [2.24, 2.45) is 0 Å². The van der Waals surface area contributed by atoms with Crippen molar-refractivity contribution in [3.05, 3.63) is 50.4 Å². The second kappa shape index (κ2) is 6.19. The van der Waals surface area contributed by atoms with E-state index in [-0.39, 0.29) is 9.92 Å². The molecule has 4 nitrogen and oxygen atoms in total. The number of hydrogen-bond donors (Lipinski definition) is 1. The minimum Gasteiger partial charge on any atom is -0.279 e. The van der Waals surface area contributed by atoms with Gasteiger partial charge in [0.25, 0.3) is 10.0 Å². The van der Waals surface area contributed by atoms with Gasteiger partial charge in [0.2, 0.25) is 0 Å². The van der Waals surface area contributed by atoms with Crippen LogP contribution in [0.3, 0.4) is 0 Å². The smallest absolute Gasteiger partial charge is 0.263 e. The molecule has 0 aliphatic rings. The van der Waals surface area contributed by atoms with Gasteiger partial charge in [-0.1, -0.05) is 23.2 Å². The summed E-state index contributed by atoms with van der Waals surface area (Å²) in [6, 6.07) is 6.63. The number of nitrogens with zero attached hydrogens (tertiary/aromatic N) is 1. The lowest BCUT2D eigenvalue weighted by Gasteiger charge is -2.13. The van der Waals surface area contributed by atoms with Crippen LogP contribution in [0.4, 0.5) is 5.69 Å². The molecule has 3 rings (SSSR count). The molecule has 126 valence electrons. The molecule has 0 atom stereocenters. The number of sulfonamides is 1. The molecule has 0 amide bonds. The van der Waals surface area contributed by atoms with Crippen molar-refractivity contribution in [2.75, 3.05) is 4.72 Å². The molecule has 0 radical (unpaired) electrons. The summed E-state index contributed by atoms with van der Waals surface area (Å²) < 4.78 is 29.0. The molecule has 1 heterocycles. The highest BCUT2D eigenvalue weighted by molar-refractivity contribution is 7.92. The van der Waals surface area contributed by atoms with Gasteiger partial charge in [-0.25, -0.2) is 13.4 Å². The summed E-state index contributed by atoms with van der Waals surface area (Å²) in [5.74, 6) is 0. The van der Waals surface area contributed by atoms with E-state index in [1.54, 1.807) is 19.1 Å². The summed E-state index contributed by atoms with van der Waals surface area (Å²) in [7, 11) is -3.86. The fourth-order valence-electron chi connectivity index (χ4n) is 2.39. The van der Waals surface area contributed by atoms with Gasteiger partial charge in [0.1, 0.15) is 4.90 Å². The van der Waals surface area contributed by atoms with E-state index in [1.807, 2.05) is 19.9 Å². The van der Waals surface area contributed by atoms with Gasteiger partial charge in [0, 0.05) is 5.02 Å². The molecule has 1 N–H and O–H groups in total. The highest BCUT2D eigenvalue weighted by Gasteiger charge is 2.21. The van der Waals surface area contributed by atoms with E-state index in [1.165, 1.54) is 17.4 Å². The molecule has 0 aliphatic heterocycles. The van der Waals surface area contributed by atoms with E-state index >= 15 is 0 Å². The number of nitrogens with one attached hydrogen (secondary N) is 1. The Hall–Kier alpha value is -1.34. The highest BCUT2D eigenvalue weighted by atomic mass is 35.5. The monoisotopic (exact) mass is 400 g/mol. The van der Waals surface area contributed by atoms with Gasteiger partial charge < -0.3 is 0 Å². The van der Waals surface area contributed by atoms with E-state index in [0.717, 1.165) is 20.8 Å². The normalized spacial score (nSPS) is 11.9. The maximum absolute atomic E-state index is 12.8. The highest BCUT2D eigenvalue weighted by Crippen LogP contribution is 2.33. The molecular formula is C16H14Cl2N2O2S2. The number of benzene rings is 2. The summed E-state index contributed by atoms with van der Waals surface area (Å²) >= 11 is 13.7. The van der Waals surface area contributed by atoms with Gasteiger partial charge in [0.05, 0.1) is 25.9 Å². The lowest BCUT2D eigenvalue weighted by atomic mass is 10.2. The average molecular weight is 401 g/mol. The second-order valence-corrected chi connectivity index (χ2v) is 9.21. The Morgan fingerprint density at radius 1 is 1.04 bits per heavy atom. The maximum atomic E-state index is 12.8. The summed E-state index contributed by atoms with van der Waals surface area (Å²) in [6.07, 6.45) is 0. The summed E-state index contributed by atoms with van der Waals surface area (Å²) in [5.41, 5.74) is 2.75. The molecule has 8 heteroatoms. The molecule has 2 aromatic carbocycles. The van der Waals surface area contributed by atoms with Crippen LogP contribution in [-0.2, 0) is 10.0 Å². The van der Waals surface area contributed by atoms with Crippen molar-refractivity contribution in [3.8, 4) is 0 Å². The van der Waals surface area contributed by atoms with Crippen LogP contribution in [0, 0.1) is 20.8 Å². The summed E-state index contributed by atoms with van der Waals surface area (Å²) in [6.45, 7) is 5.46.